The average Bonchev–Trinajstić information content (AvgIpc) is 3.44. The van der Waals surface area contributed by atoms with Gasteiger partial charge in [-0.1, -0.05) is 54.2 Å². The maximum atomic E-state index is 12.6. The highest BCUT2D eigenvalue weighted by atomic mass is 32.2. The number of hydrogen-bond donors (Lipinski definition) is 1. The van der Waals surface area contributed by atoms with Crippen molar-refractivity contribution in [3.63, 3.8) is 0 Å². The molecule has 0 aliphatic carbocycles. The maximum Gasteiger partial charge on any atom is 0.387 e. The van der Waals surface area contributed by atoms with Crippen LogP contribution in [0.5, 0.6) is 5.75 Å². The molecule has 0 atom stereocenters. The van der Waals surface area contributed by atoms with E-state index in [1.807, 2.05) is 34.9 Å². The van der Waals surface area contributed by atoms with E-state index >= 15 is 0 Å². The topological polar surface area (TPSA) is 82.2 Å². The summed E-state index contributed by atoms with van der Waals surface area (Å²) in [6, 6.07) is 19.3. The van der Waals surface area contributed by atoms with Gasteiger partial charge in [-0.2, -0.15) is 8.78 Å². The van der Waals surface area contributed by atoms with Crippen molar-refractivity contribution in [2.24, 2.45) is 0 Å². The number of halogens is 2. The van der Waals surface area contributed by atoms with Crippen molar-refractivity contribution < 1.29 is 22.7 Å². The normalized spacial score (nSPS) is 11.0. The number of carbonyl (C=O) groups is 1. The Bertz CT molecular complexity index is 1170. The Morgan fingerprint density at radius 3 is 2.59 bits per heavy atom. The van der Waals surface area contributed by atoms with E-state index in [9.17, 15) is 13.6 Å². The molecule has 4 aromatic rings. The molecule has 2 heterocycles. The van der Waals surface area contributed by atoms with Gasteiger partial charge in [0.05, 0.1) is 24.2 Å². The minimum Gasteiger partial charge on any atom is -0.461 e. The second-order valence-corrected chi connectivity index (χ2v) is 7.51. The molecule has 32 heavy (non-hydrogen) atoms. The molecule has 0 aliphatic rings. The Morgan fingerprint density at radius 1 is 1.06 bits per heavy atom. The van der Waals surface area contributed by atoms with E-state index in [1.165, 1.54) is 23.9 Å². The number of nitrogens with one attached hydrogen (secondary N) is 1. The molecule has 0 aliphatic heterocycles. The number of benzene rings is 2. The lowest BCUT2D eigenvalue weighted by atomic mass is 10.2. The number of aromatic nitrogens is 3. The van der Waals surface area contributed by atoms with Crippen LogP contribution in [-0.2, 0) is 11.3 Å². The molecule has 0 radical (unpaired) electrons. The van der Waals surface area contributed by atoms with Crippen LogP contribution in [0.3, 0.4) is 0 Å². The number of rotatable bonds is 9. The first-order valence-corrected chi connectivity index (χ1v) is 10.6. The number of nitrogens with zero attached hydrogens (tertiary/aromatic N) is 3. The second kappa shape index (κ2) is 10.1. The first-order valence-electron chi connectivity index (χ1n) is 9.57. The van der Waals surface area contributed by atoms with Gasteiger partial charge in [0.2, 0.25) is 11.7 Å². The van der Waals surface area contributed by atoms with Gasteiger partial charge in [-0.3, -0.25) is 9.36 Å². The Morgan fingerprint density at radius 2 is 1.84 bits per heavy atom. The lowest BCUT2D eigenvalue weighted by molar-refractivity contribution is -0.113. The zero-order valence-corrected chi connectivity index (χ0v) is 17.5. The number of hydrogen-bond acceptors (Lipinski definition) is 6. The SMILES string of the molecule is O=C(CSc1nnc(-c2ccco2)n1Cc1ccccc1)Nc1ccccc1OC(F)F. The number of para-hydroxylation sites is 2. The molecule has 2 aromatic heterocycles. The molecular formula is C22H18F2N4O3S. The van der Waals surface area contributed by atoms with Gasteiger partial charge in [0.1, 0.15) is 5.75 Å². The highest BCUT2D eigenvalue weighted by Gasteiger charge is 2.18. The zero-order chi connectivity index (χ0) is 22.3. The van der Waals surface area contributed by atoms with Crippen molar-refractivity contribution >= 4 is 23.4 Å². The number of ether oxygens (including phenoxy) is 1. The third-order valence-corrected chi connectivity index (χ3v) is 5.32. The second-order valence-electron chi connectivity index (χ2n) is 6.57. The Hall–Kier alpha value is -3.66. The fraction of sp³-hybridized carbons (Fsp3) is 0.136. The van der Waals surface area contributed by atoms with Gasteiger partial charge in [-0.25, -0.2) is 0 Å². The zero-order valence-electron chi connectivity index (χ0n) is 16.7. The van der Waals surface area contributed by atoms with Crippen LogP contribution in [0.2, 0.25) is 0 Å². The molecule has 0 saturated heterocycles. The largest absolute Gasteiger partial charge is 0.461 e. The molecule has 0 fully saturated rings. The third-order valence-electron chi connectivity index (χ3n) is 4.35. The quantitative estimate of drug-likeness (QED) is 0.360. The Labute approximate surface area is 186 Å². The van der Waals surface area contributed by atoms with Crippen molar-refractivity contribution in [2.45, 2.75) is 18.3 Å². The molecule has 2 aromatic carbocycles. The van der Waals surface area contributed by atoms with Crippen molar-refractivity contribution in [1.29, 1.82) is 0 Å². The summed E-state index contributed by atoms with van der Waals surface area (Å²) < 4.78 is 37.0. The molecule has 7 nitrogen and oxygen atoms in total. The number of thioether (sulfide) groups is 1. The fourth-order valence-electron chi connectivity index (χ4n) is 2.98. The molecule has 10 heteroatoms. The van der Waals surface area contributed by atoms with Crippen LogP contribution in [0.15, 0.2) is 82.6 Å². The van der Waals surface area contributed by atoms with E-state index in [-0.39, 0.29) is 17.2 Å². The van der Waals surface area contributed by atoms with Crippen molar-refractivity contribution in [3.05, 3.63) is 78.6 Å². The van der Waals surface area contributed by atoms with Gasteiger partial charge in [-0.15, -0.1) is 10.2 Å². The third kappa shape index (κ3) is 5.33. The lowest BCUT2D eigenvalue weighted by Crippen LogP contribution is -2.16. The minimum absolute atomic E-state index is 0.00586. The monoisotopic (exact) mass is 456 g/mol. The smallest absolute Gasteiger partial charge is 0.387 e. The first kappa shape index (κ1) is 21.6. The molecule has 0 saturated carbocycles. The van der Waals surface area contributed by atoms with E-state index in [4.69, 9.17) is 4.42 Å². The number of anilines is 1. The van der Waals surface area contributed by atoms with Crippen LogP contribution in [0.25, 0.3) is 11.6 Å². The predicted octanol–water partition coefficient (Wildman–Crippen LogP) is 4.92. The van der Waals surface area contributed by atoms with Crippen LogP contribution in [0.4, 0.5) is 14.5 Å². The van der Waals surface area contributed by atoms with Gasteiger partial charge in [0.15, 0.2) is 10.9 Å². The molecule has 1 N–H and O–H groups in total. The van der Waals surface area contributed by atoms with Gasteiger partial charge in [-0.05, 0) is 29.8 Å². The minimum atomic E-state index is -2.99. The summed E-state index contributed by atoms with van der Waals surface area (Å²) in [6.45, 7) is -2.50. The van der Waals surface area contributed by atoms with Gasteiger partial charge in [0.25, 0.3) is 0 Å². The summed E-state index contributed by atoms with van der Waals surface area (Å²) in [4.78, 5) is 12.5. The van der Waals surface area contributed by atoms with E-state index in [0.29, 0.717) is 23.3 Å². The van der Waals surface area contributed by atoms with Crippen LogP contribution in [-0.4, -0.2) is 33.0 Å². The van der Waals surface area contributed by atoms with Gasteiger partial charge < -0.3 is 14.5 Å². The molecule has 1 amide bonds. The first-order chi connectivity index (χ1) is 15.6. The summed E-state index contributed by atoms with van der Waals surface area (Å²) in [5, 5.41) is 11.6. The Kier molecular flexibility index (Phi) is 6.81. The van der Waals surface area contributed by atoms with Crippen molar-refractivity contribution in [3.8, 4) is 17.3 Å². The number of amides is 1. The van der Waals surface area contributed by atoms with Crippen molar-refractivity contribution in [1.82, 2.24) is 14.8 Å². The van der Waals surface area contributed by atoms with Gasteiger partial charge >= 0.3 is 6.61 Å². The highest BCUT2D eigenvalue weighted by Crippen LogP contribution is 2.28. The fourth-order valence-corrected chi connectivity index (χ4v) is 3.71. The van der Waals surface area contributed by atoms with Gasteiger partial charge in [0, 0.05) is 0 Å². The van der Waals surface area contributed by atoms with E-state index < -0.39 is 12.5 Å². The van der Waals surface area contributed by atoms with E-state index in [0.717, 1.165) is 5.56 Å². The summed E-state index contributed by atoms with van der Waals surface area (Å²) in [5.41, 5.74) is 1.20. The van der Waals surface area contributed by atoms with Crippen molar-refractivity contribution in [2.75, 3.05) is 11.1 Å². The van der Waals surface area contributed by atoms with Crippen LogP contribution in [0.1, 0.15) is 5.56 Å². The van der Waals surface area contributed by atoms with Crippen LogP contribution < -0.4 is 10.1 Å². The summed E-state index contributed by atoms with van der Waals surface area (Å²) in [5.74, 6) is 0.594. The average molecular weight is 456 g/mol. The standard InChI is InChI=1S/C22H18F2N4O3S/c23-21(24)31-17-10-5-4-9-16(17)25-19(29)14-32-22-27-26-20(18-11-6-12-30-18)28(22)13-15-7-2-1-3-8-15/h1-12,21H,13-14H2,(H,25,29). The number of carbonyl (C=O) groups excluding carboxylic acids is 1. The number of furan rings is 1. The summed E-state index contributed by atoms with van der Waals surface area (Å²) in [6.07, 6.45) is 1.55. The Balaban J connectivity index is 1.49. The van der Waals surface area contributed by atoms with Crippen LogP contribution >= 0.6 is 11.8 Å². The summed E-state index contributed by atoms with van der Waals surface area (Å²) in [7, 11) is 0. The molecule has 4 rings (SSSR count). The lowest BCUT2D eigenvalue weighted by Gasteiger charge is -2.12. The molecular weight excluding hydrogens is 438 g/mol. The maximum absolute atomic E-state index is 12.6. The molecule has 0 bridgehead atoms. The summed E-state index contributed by atoms with van der Waals surface area (Å²) >= 11 is 1.18. The van der Waals surface area contributed by atoms with E-state index in [1.54, 1.807) is 30.5 Å². The number of alkyl halides is 2. The molecule has 0 spiro atoms. The van der Waals surface area contributed by atoms with E-state index in [2.05, 4.69) is 20.3 Å². The highest BCUT2D eigenvalue weighted by molar-refractivity contribution is 7.99. The molecule has 0 unspecified atom stereocenters. The predicted molar refractivity (Wildman–Crippen MR) is 116 cm³/mol. The van der Waals surface area contributed by atoms with Crippen LogP contribution in [0, 0.1) is 0 Å². The molecule has 164 valence electrons.